The van der Waals surface area contributed by atoms with E-state index in [-0.39, 0.29) is 24.8 Å². The van der Waals surface area contributed by atoms with E-state index in [0.29, 0.717) is 25.2 Å². The van der Waals surface area contributed by atoms with Gasteiger partial charge < -0.3 is 10.2 Å². The van der Waals surface area contributed by atoms with Crippen LogP contribution in [0.2, 0.25) is 0 Å². The van der Waals surface area contributed by atoms with Crippen molar-refractivity contribution in [2.45, 2.75) is 72.9 Å². The second-order valence-electron chi connectivity index (χ2n) is 9.49. The average molecular weight is 516 g/mol. The van der Waals surface area contributed by atoms with Crippen LogP contribution in [0.5, 0.6) is 0 Å². The topological polar surface area (TPSA) is 86.8 Å². The number of nitrogens with zero attached hydrogens (tertiary/aromatic N) is 2. The van der Waals surface area contributed by atoms with E-state index >= 15 is 0 Å². The Bertz CT molecular complexity index is 1130. The van der Waals surface area contributed by atoms with Gasteiger partial charge in [0.05, 0.1) is 11.9 Å². The van der Waals surface area contributed by atoms with Crippen molar-refractivity contribution in [3.05, 3.63) is 64.7 Å². The Labute approximate surface area is 216 Å². The number of amides is 2. The van der Waals surface area contributed by atoms with Crippen LogP contribution in [0.15, 0.2) is 42.5 Å². The first-order chi connectivity index (χ1) is 17.0. The van der Waals surface area contributed by atoms with E-state index < -0.39 is 16.1 Å². The molecule has 0 aliphatic heterocycles. The molecular weight excluding hydrogens is 474 g/mol. The molecule has 7 nitrogen and oxygen atoms in total. The number of rotatable bonds is 13. The molecule has 198 valence electrons. The molecule has 0 aliphatic carbocycles. The van der Waals surface area contributed by atoms with Crippen molar-refractivity contribution in [3.8, 4) is 0 Å². The van der Waals surface area contributed by atoms with Gasteiger partial charge in [-0.1, -0.05) is 55.3 Å². The number of sulfonamides is 1. The molecule has 0 fully saturated rings. The van der Waals surface area contributed by atoms with Crippen LogP contribution in [-0.2, 0) is 26.2 Å². The highest BCUT2D eigenvalue weighted by Gasteiger charge is 2.26. The first kappa shape index (κ1) is 29.4. The number of anilines is 1. The van der Waals surface area contributed by atoms with Gasteiger partial charge in [-0.05, 0) is 63.3 Å². The van der Waals surface area contributed by atoms with Crippen molar-refractivity contribution in [3.63, 3.8) is 0 Å². The van der Waals surface area contributed by atoms with E-state index in [9.17, 15) is 18.0 Å². The van der Waals surface area contributed by atoms with Gasteiger partial charge in [-0.15, -0.1) is 0 Å². The quantitative estimate of drug-likeness (QED) is 0.398. The predicted octanol–water partition coefficient (Wildman–Crippen LogP) is 4.49. The molecule has 8 heteroatoms. The molecule has 0 aromatic heterocycles. The molecule has 0 saturated heterocycles. The van der Waals surface area contributed by atoms with Crippen LogP contribution in [0, 0.1) is 20.8 Å². The van der Waals surface area contributed by atoms with Crippen molar-refractivity contribution in [1.29, 1.82) is 0 Å². The first-order valence-corrected chi connectivity index (χ1v) is 14.5. The number of aryl methyl sites for hydroxylation is 2. The van der Waals surface area contributed by atoms with Crippen molar-refractivity contribution >= 4 is 27.5 Å². The van der Waals surface area contributed by atoms with E-state index in [1.165, 1.54) is 10.6 Å². The van der Waals surface area contributed by atoms with Crippen molar-refractivity contribution in [1.82, 2.24) is 10.2 Å². The third-order valence-corrected chi connectivity index (χ3v) is 7.65. The van der Waals surface area contributed by atoms with Gasteiger partial charge in [-0.2, -0.15) is 0 Å². The van der Waals surface area contributed by atoms with Gasteiger partial charge in [0.2, 0.25) is 21.8 Å². The summed E-state index contributed by atoms with van der Waals surface area (Å²) in [5.41, 5.74) is 4.59. The Balaban J connectivity index is 2.17. The van der Waals surface area contributed by atoms with Crippen LogP contribution < -0.4 is 9.62 Å². The van der Waals surface area contributed by atoms with E-state index in [0.717, 1.165) is 35.1 Å². The summed E-state index contributed by atoms with van der Waals surface area (Å²) >= 11 is 0. The fraction of sp³-hybridized carbons (Fsp3) is 0.500. The zero-order valence-electron chi connectivity index (χ0n) is 22.5. The maximum Gasteiger partial charge on any atom is 0.242 e. The zero-order valence-corrected chi connectivity index (χ0v) is 23.3. The third-order valence-electron chi connectivity index (χ3n) is 6.47. The normalized spacial score (nSPS) is 12.2. The summed E-state index contributed by atoms with van der Waals surface area (Å²) in [6.45, 7) is 10.7. The van der Waals surface area contributed by atoms with Gasteiger partial charge >= 0.3 is 0 Å². The Morgan fingerprint density at radius 1 is 1.00 bits per heavy atom. The molecule has 2 amide bonds. The maximum absolute atomic E-state index is 13.4. The van der Waals surface area contributed by atoms with Crippen LogP contribution in [0.1, 0.15) is 61.8 Å². The minimum Gasteiger partial charge on any atom is -0.354 e. The SMILES string of the molecule is CCCCNC(=O)C(C)N(Cc1ccc(C)cc1)C(=O)CCCN(c1cccc(C)c1C)S(C)(=O)=O. The largest absolute Gasteiger partial charge is 0.354 e. The molecule has 2 rings (SSSR count). The summed E-state index contributed by atoms with van der Waals surface area (Å²) in [4.78, 5) is 27.7. The Morgan fingerprint density at radius 3 is 2.28 bits per heavy atom. The molecule has 0 saturated carbocycles. The predicted molar refractivity (Wildman–Crippen MR) is 146 cm³/mol. The van der Waals surface area contributed by atoms with E-state index in [1.54, 1.807) is 17.9 Å². The Kier molecular flexibility index (Phi) is 11.0. The lowest BCUT2D eigenvalue weighted by Crippen LogP contribution is -2.48. The summed E-state index contributed by atoms with van der Waals surface area (Å²) in [5.74, 6) is -0.361. The molecule has 2 aromatic rings. The van der Waals surface area contributed by atoms with Gasteiger partial charge in [-0.3, -0.25) is 13.9 Å². The van der Waals surface area contributed by atoms with Gasteiger partial charge in [0.25, 0.3) is 0 Å². The lowest BCUT2D eigenvalue weighted by Gasteiger charge is -2.30. The molecule has 0 radical (unpaired) electrons. The fourth-order valence-electron chi connectivity index (χ4n) is 4.00. The average Bonchev–Trinajstić information content (AvgIpc) is 2.82. The lowest BCUT2D eigenvalue weighted by atomic mass is 10.1. The molecular formula is C28H41N3O4S. The molecule has 2 aromatic carbocycles. The summed E-state index contributed by atoms with van der Waals surface area (Å²) < 4.78 is 26.5. The van der Waals surface area contributed by atoms with Crippen LogP contribution in [-0.4, -0.2) is 50.5 Å². The summed E-state index contributed by atoms with van der Waals surface area (Å²) in [7, 11) is -3.53. The second kappa shape index (κ2) is 13.4. The van der Waals surface area contributed by atoms with Crippen LogP contribution in [0.25, 0.3) is 0 Å². The van der Waals surface area contributed by atoms with Crippen LogP contribution >= 0.6 is 0 Å². The zero-order chi connectivity index (χ0) is 26.9. The van der Waals surface area contributed by atoms with Crippen LogP contribution in [0.4, 0.5) is 5.69 Å². The first-order valence-electron chi connectivity index (χ1n) is 12.6. The molecule has 1 unspecified atom stereocenters. The summed E-state index contributed by atoms with van der Waals surface area (Å²) in [5, 5.41) is 2.92. The van der Waals surface area contributed by atoms with Crippen molar-refractivity contribution in [2.24, 2.45) is 0 Å². The number of carbonyl (C=O) groups is 2. The standard InChI is InChI=1S/C28H41N3O4S/c1-7-8-18-29-28(33)24(5)30(20-25-16-14-21(2)15-17-25)27(32)13-10-19-31(36(6,34)35)26-12-9-11-22(3)23(26)4/h9,11-12,14-17,24H,7-8,10,13,18-20H2,1-6H3,(H,29,33). The van der Waals surface area contributed by atoms with E-state index in [2.05, 4.69) is 12.2 Å². The maximum atomic E-state index is 13.4. The minimum atomic E-state index is -3.53. The van der Waals surface area contributed by atoms with Crippen molar-refractivity contribution < 1.29 is 18.0 Å². The smallest absolute Gasteiger partial charge is 0.242 e. The van der Waals surface area contributed by atoms with E-state index in [1.807, 2.05) is 57.2 Å². The highest BCUT2D eigenvalue weighted by atomic mass is 32.2. The Hall–Kier alpha value is -2.87. The molecule has 0 bridgehead atoms. The number of hydrogen-bond donors (Lipinski definition) is 1. The summed E-state index contributed by atoms with van der Waals surface area (Å²) in [6.07, 6.45) is 3.51. The molecule has 1 N–H and O–H groups in total. The number of unbranched alkanes of at least 4 members (excludes halogenated alkanes) is 1. The molecule has 0 spiro atoms. The van der Waals surface area contributed by atoms with Gasteiger partial charge in [0.15, 0.2) is 0 Å². The summed E-state index contributed by atoms with van der Waals surface area (Å²) in [6, 6.07) is 12.8. The molecule has 1 atom stereocenters. The Morgan fingerprint density at radius 2 is 1.67 bits per heavy atom. The van der Waals surface area contributed by atoms with Crippen molar-refractivity contribution in [2.75, 3.05) is 23.7 Å². The number of benzene rings is 2. The molecule has 0 aliphatic rings. The second-order valence-corrected chi connectivity index (χ2v) is 11.4. The molecule has 0 heterocycles. The number of carbonyl (C=O) groups excluding carboxylic acids is 2. The fourth-order valence-corrected chi connectivity index (χ4v) is 5.01. The van der Waals surface area contributed by atoms with Crippen LogP contribution in [0.3, 0.4) is 0 Å². The van der Waals surface area contributed by atoms with Gasteiger partial charge in [0.1, 0.15) is 6.04 Å². The van der Waals surface area contributed by atoms with E-state index in [4.69, 9.17) is 0 Å². The highest BCUT2D eigenvalue weighted by molar-refractivity contribution is 7.92. The van der Waals surface area contributed by atoms with Gasteiger partial charge in [0, 0.05) is 26.1 Å². The highest BCUT2D eigenvalue weighted by Crippen LogP contribution is 2.25. The third kappa shape index (κ3) is 8.36. The minimum absolute atomic E-state index is 0.134. The number of nitrogens with one attached hydrogen (secondary N) is 1. The monoisotopic (exact) mass is 515 g/mol. The number of hydrogen-bond acceptors (Lipinski definition) is 4. The van der Waals surface area contributed by atoms with Gasteiger partial charge in [-0.25, -0.2) is 8.42 Å². The lowest BCUT2D eigenvalue weighted by molar-refractivity contribution is -0.140. The molecule has 36 heavy (non-hydrogen) atoms.